The summed E-state index contributed by atoms with van der Waals surface area (Å²) in [6.07, 6.45) is 1.62. The van der Waals surface area contributed by atoms with E-state index in [0.717, 1.165) is 38.6 Å². The van der Waals surface area contributed by atoms with E-state index in [9.17, 15) is 9.59 Å². The van der Waals surface area contributed by atoms with Crippen molar-refractivity contribution in [2.24, 2.45) is 0 Å². The quantitative estimate of drug-likeness (QED) is 0.201. The van der Waals surface area contributed by atoms with Crippen molar-refractivity contribution in [3.05, 3.63) is 89.2 Å². The number of ether oxygens (including phenoxy) is 4. The highest BCUT2D eigenvalue weighted by Crippen LogP contribution is 2.44. The van der Waals surface area contributed by atoms with Crippen molar-refractivity contribution in [3.63, 3.8) is 0 Å². The molecule has 6 rings (SSSR count). The van der Waals surface area contributed by atoms with Gasteiger partial charge >= 0.3 is 6.09 Å². The summed E-state index contributed by atoms with van der Waals surface area (Å²) in [6, 6.07) is 17.9. The largest absolute Gasteiger partial charge is 0.496 e. The first-order valence-electron chi connectivity index (χ1n) is 14.9. The van der Waals surface area contributed by atoms with E-state index < -0.39 is 23.8 Å². The Morgan fingerprint density at radius 1 is 0.911 bits per heavy atom. The minimum atomic E-state index is -0.888. The van der Waals surface area contributed by atoms with Gasteiger partial charge in [-0.1, -0.05) is 36.4 Å². The third-order valence-electron chi connectivity index (χ3n) is 8.21. The first-order valence-corrected chi connectivity index (χ1v) is 14.9. The lowest BCUT2D eigenvalue weighted by atomic mass is 9.87. The van der Waals surface area contributed by atoms with Gasteiger partial charge < -0.3 is 34.2 Å². The molecule has 0 spiro atoms. The second-order valence-corrected chi connectivity index (χ2v) is 12.1. The third-order valence-corrected chi connectivity index (χ3v) is 8.21. The van der Waals surface area contributed by atoms with Crippen molar-refractivity contribution in [2.75, 3.05) is 21.3 Å². The Hall–Kier alpha value is -5.12. The zero-order valence-electron chi connectivity index (χ0n) is 26.3. The first kappa shape index (κ1) is 29.9. The molecule has 0 bridgehead atoms. The maximum absolute atomic E-state index is 14.3. The molecule has 0 saturated carbocycles. The van der Waals surface area contributed by atoms with Crippen molar-refractivity contribution >= 4 is 33.8 Å². The lowest BCUT2D eigenvalue weighted by Crippen LogP contribution is -2.55. The van der Waals surface area contributed by atoms with Crippen LogP contribution < -0.4 is 19.5 Å². The van der Waals surface area contributed by atoms with Crippen molar-refractivity contribution in [2.45, 2.75) is 51.4 Å². The van der Waals surface area contributed by atoms with Gasteiger partial charge in [-0.3, -0.25) is 9.69 Å². The van der Waals surface area contributed by atoms with Crippen LogP contribution in [0.4, 0.5) is 4.79 Å². The summed E-state index contributed by atoms with van der Waals surface area (Å²) in [6.45, 7) is 5.57. The molecule has 0 unspecified atom stereocenters. The molecular formula is C35H38N4O6. The minimum absolute atomic E-state index is 0.103. The van der Waals surface area contributed by atoms with Crippen molar-refractivity contribution in [3.8, 4) is 17.2 Å². The number of para-hydroxylation sites is 2. The summed E-state index contributed by atoms with van der Waals surface area (Å²) in [4.78, 5) is 37.0. The predicted molar refractivity (Wildman–Crippen MR) is 172 cm³/mol. The van der Waals surface area contributed by atoms with Crippen LogP contribution in [0.2, 0.25) is 0 Å². The fraction of sp³-hybridized carbons (Fsp3) is 0.314. The van der Waals surface area contributed by atoms with Gasteiger partial charge in [-0.2, -0.15) is 0 Å². The number of nitrogens with one attached hydrogen (secondary N) is 3. The maximum Gasteiger partial charge on any atom is 0.411 e. The molecule has 5 aromatic rings. The van der Waals surface area contributed by atoms with E-state index in [1.165, 1.54) is 0 Å². The highest BCUT2D eigenvalue weighted by molar-refractivity contribution is 5.93. The summed E-state index contributed by atoms with van der Waals surface area (Å²) < 4.78 is 22.6. The van der Waals surface area contributed by atoms with Crippen LogP contribution in [0, 0.1) is 0 Å². The molecule has 0 saturated heterocycles. The molecule has 10 nitrogen and oxygen atoms in total. The van der Waals surface area contributed by atoms with Crippen LogP contribution in [0.3, 0.4) is 0 Å². The molecule has 3 heterocycles. The Labute approximate surface area is 261 Å². The van der Waals surface area contributed by atoms with Crippen LogP contribution in [0.5, 0.6) is 17.2 Å². The first-order chi connectivity index (χ1) is 21.6. The molecular weight excluding hydrogens is 572 g/mol. The molecule has 0 aliphatic carbocycles. The SMILES string of the molecule is COc1cc(OC)c(CNC(=O)[C@H]2Cc3c([nH]c4ccccc34)[C@@H](c3c[nH]c4ccccc34)N2C(=O)OC(C)(C)C)c(OC)c1. The zero-order valence-corrected chi connectivity index (χ0v) is 26.3. The van der Waals surface area contributed by atoms with E-state index >= 15 is 0 Å². The number of aromatic amines is 2. The van der Waals surface area contributed by atoms with Gasteiger partial charge in [-0.05, 0) is 38.5 Å². The number of carbonyl (C=O) groups excluding carboxylic acids is 2. The molecule has 1 aliphatic heterocycles. The normalized spacial score (nSPS) is 16.4. The Morgan fingerprint density at radius 2 is 1.56 bits per heavy atom. The maximum atomic E-state index is 14.3. The fourth-order valence-corrected chi connectivity index (χ4v) is 6.22. The number of benzene rings is 3. The van der Waals surface area contributed by atoms with Crippen LogP contribution in [0.1, 0.15) is 49.2 Å². The van der Waals surface area contributed by atoms with Crippen LogP contribution >= 0.6 is 0 Å². The molecule has 2 amide bonds. The molecule has 1 aliphatic rings. The van der Waals surface area contributed by atoms with E-state index in [1.807, 2.05) is 75.5 Å². The van der Waals surface area contributed by atoms with E-state index in [2.05, 4.69) is 15.3 Å². The van der Waals surface area contributed by atoms with E-state index in [4.69, 9.17) is 18.9 Å². The summed E-state index contributed by atoms with van der Waals surface area (Å²) in [5, 5.41) is 5.03. The van der Waals surface area contributed by atoms with Crippen LogP contribution in [0.25, 0.3) is 21.8 Å². The summed E-state index contributed by atoms with van der Waals surface area (Å²) in [5.41, 5.74) is 4.43. The fourth-order valence-electron chi connectivity index (χ4n) is 6.22. The number of rotatable bonds is 7. The molecule has 2 aromatic heterocycles. The minimum Gasteiger partial charge on any atom is -0.496 e. The van der Waals surface area contributed by atoms with E-state index in [0.29, 0.717) is 29.2 Å². The second kappa shape index (κ2) is 11.8. The molecule has 2 atom stereocenters. The summed E-state index contributed by atoms with van der Waals surface area (Å²) in [5.74, 6) is 1.25. The third kappa shape index (κ3) is 5.52. The number of amides is 2. The van der Waals surface area contributed by atoms with Gasteiger partial charge in [0, 0.05) is 57.8 Å². The molecule has 10 heteroatoms. The average molecular weight is 611 g/mol. The summed E-state index contributed by atoms with van der Waals surface area (Å²) in [7, 11) is 4.66. The molecule has 3 N–H and O–H groups in total. The summed E-state index contributed by atoms with van der Waals surface area (Å²) >= 11 is 0. The lowest BCUT2D eigenvalue weighted by Gasteiger charge is -2.41. The number of aromatic nitrogens is 2. The number of methoxy groups -OCH3 is 3. The van der Waals surface area contributed by atoms with Gasteiger partial charge in [-0.15, -0.1) is 0 Å². The van der Waals surface area contributed by atoms with Gasteiger partial charge in [0.2, 0.25) is 5.91 Å². The van der Waals surface area contributed by atoms with Crippen molar-refractivity contribution in [1.29, 1.82) is 0 Å². The zero-order chi connectivity index (χ0) is 31.9. The van der Waals surface area contributed by atoms with Crippen molar-refractivity contribution in [1.82, 2.24) is 20.2 Å². The molecule has 3 aromatic carbocycles. The molecule has 0 fully saturated rings. The van der Waals surface area contributed by atoms with Gasteiger partial charge in [0.25, 0.3) is 0 Å². The number of carbonyl (C=O) groups is 2. The number of nitrogens with zero attached hydrogens (tertiary/aromatic N) is 1. The number of hydrogen-bond donors (Lipinski definition) is 3. The smallest absolute Gasteiger partial charge is 0.411 e. The molecule has 45 heavy (non-hydrogen) atoms. The molecule has 0 radical (unpaired) electrons. The van der Waals surface area contributed by atoms with Gasteiger partial charge in [-0.25, -0.2) is 4.79 Å². The van der Waals surface area contributed by atoms with Gasteiger partial charge in [0.15, 0.2) is 0 Å². The highest BCUT2D eigenvalue weighted by atomic mass is 16.6. The monoisotopic (exact) mass is 610 g/mol. The highest BCUT2D eigenvalue weighted by Gasteiger charge is 2.46. The van der Waals surface area contributed by atoms with Gasteiger partial charge in [0.1, 0.15) is 34.9 Å². The van der Waals surface area contributed by atoms with E-state index in [-0.39, 0.29) is 12.5 Å². The molecule has 234 valence electrons. The number of H-pyrrole nitrogens is 2. The van der Waals surface area contributed by atoms with Crippen molar-refractivity contribution < 1.29 is 28.5 Å². The average Bonchev–Trinajstić information content (AvgIpc) is 3.63. The Morgan fingerprint density at radius 3 is 2.20 bits per heavy atom. The van der Waals surface area contributed by atoms with E-state index in [1.54, 1.807) is 38.4 Å². The standard InChI is InChI=1S/C35H38N4O6/c1-35(2,3)45-34(41)39-28(33(40)37-19-25-29(43-5)15-20(42-4)16-30(25)44-6)17-23-21-11-8-10-14-27(21)38-31(23)32(39)24-18-36-26-13-9-7-12-22(24)26/h7-16,18,28,32,36,38H,17,19H2,1-6H3,(H,37,40)/t28-,32-/m1/s1. The Kier molecular flexibility index (Phi) is 7.82. The number of hydrogen-bond acceptors (Lipinski definition) is 6. The lowest BCUT2D eigenvalue weighted by molar-refractivity contribution is -0.127. The van der Waals surface area contributed by atoms with Crippen LogP contribution in [0.15, 0.2) is 66.9 Å². The van der Waals surface area contributed by atoms with Gasteiger partial charge in [0.05, 0.1) is 33.4 Å². The van der Waals surface area contributed by atoms with Crippen LogP contribution in [-0.4, -0.2) is 59.8 Å². The Bertz CT molecular complexity index is 1860. The predicted octanol–water partition coefficient (Wildman–Crippen LogP) is 6.24. The topological polar surface area (TPSA) is 118 Å². The number of fused-ring (bicyclic) bond motifs is 4. The van der Waals surface area contributed by atoms with Crippen LogP contribution in [-0.2, 0) is 22.5 Å². The second-order valence-electron chi connectivity index (χ2n) is 12.1. The Balaban J connectivity index is 1.47.